The van der Waals surface area contributed by atoms with Crippen molar-refractivity contribution in [2.24, 2.45) is 0 Å². The van der Waals surface area contributed by atoms with Gasteiger partial charge in [0.05, 0.1) is 19.6 Å². The van der Waals surface area contributed by atoms with Crippen molar-refractivity contribution in [3.63, 3.8) is 0 Å². The molecule has 3 aliphatic rings. The number of rotatable bonds is 3. The molecule has 0 radical (unpaired) electrons. The van der Waals surface area contributed by atoms with Crippen LogP contribution in [0.2, 0.25) is 0 Å². The van der Waals surface area contributed by atoms with Gasteiger partial charge in [-0.25, -0.2) is 0 Å². The van der Waals surface area contributed by atoms with Crippen LogP contribution in [-0.2, 0) is 4.79 Å². The van der Waals surface area contributed by atoms with E-state index in [0.29, 0.717) is 0 Å². The van der Waals surface area contributed by atoms with Crippen molar-refractivity contribution in [1.29, 1.82) is 0 Å². The van der Waals surface area contributed by atoms with E-state index in [1.54, 1.807) is 0 Å². The Morgan fingerprint density at radius 1 is 1.20 bits per heavy atom. The number of halogens is 1. The maximum atomic E-state index is 12.5. The molecular weight excluding hydrogens is 318 g/mol. The number of hydrogen-bond acceptors (Lipinski definition) is 2. The third-order valence-corrected chi connectivity index (χ3v) is 5.43. The monoisotopic (exact) mass is 338 g/mol. The van der Waals surface area contributed by atoms with Crippen LogP contribution < -0.4 is 5.32 Å². The second-order valence-electron chi connectivity index (χ2n) is 5.90. The fourth-order valence-corrected chi connectivity index (χ4v) is 3.57. The van der Waals surface area contributed by atoms with Crippen molar-refractivity contribution in [3.8, 4) is 0 Å². The van der Waals surface area contributed by atoms with E-state index in [1.165, 1.54) is 0 Å². The van der Waals surface area contributed by atoms with Gasteiger partial charge < -0.3 is 9.80 Å². The van der Waals surface area contributed by atoms with E-state index in [0.717, 1.165) is 53.9 Å². The Balaban J connectivity index is 1.68. The maximum Gasteiger partial charge on any atom is 0.282 e. The molecule has 0 aromatic heterocycles. The van der Waals surface area contributed by atoms with Crippen molar-refractivity contribution >= 4 is 27.5 Å². The molecular formula is C15H21BrN3O+. The highest BCUT2D eigenvalue weighted by molar-refractivity contribution is 9.10. The van der Waals surface area contributed by atoms with E-state index in [-0.39, 0.29) is 11.9 Å². The van der Waals surface area contributed by atoms with Crippen molar-refractivity contribution in [1.82, 2.24) is 4.90 Å². The maximum absolute atomic E-state index is 12.5. The first-order valence-corrected chi connectivity index (χ1v) is 8.03. The predicted molar refractivity (Wildman–Crippen MR) is 83.5 cm³/mol. The average molecular weight is 339 g/mol. The lowest BCUT2D eigenvalue weighted by atomic mass is 10.1. The number of carbonyl (C=O) groups excluding carboxylic acids is 1. The Morgan fingerprint density at radius 3 is 2.30 bits per heavy atom. The highest BCUT2D eigenvalue weighted by atomic mass is 79.9. The zero-order chi connectivity index (χ0) is 14.2. The van der Waals surface area contributed by atoms with Gasteiger partial charge in [0.15, 0.2) is 6.04 Å². The molecule has 0 saturated carbocycles. The summed E-state index contributed by atoms with van der Waals surface area (Å²) in [7, 11) is 0. The van der Waals surface area contributed by atoms with Crippen LogP contribution in [0.5, 0.6) is 0 Å². The SMILES string of the molecule is C[C@H](C(=O)Nc1ccc(Br)cc1)[N+]12CCN(CC1)CC2. The minimum absolute atomic E-state index is 0.0288. The number of hydrogen-bond donors (Lipinski definition) is 1. The number of nitrogens with one attached hydrogen (secondary N) is 1. The number of anilines is 1. The lowest BCUT2D eigenvalue weighted by molar-refractivity contribution is -0.953. The molecule has 1 atom stereocenters. The van der Waals surface area contributed by atoms with E-state index >= 15 is 0 Å². The van der Waals surface area contributed by atoms with Crippen LogP contribution in [0.25, 0.3) is 0 Å². The Bertz CT molecular complexity index is 481. The van der Waals surface area contributed by atoms with E-state index in [1.807, 2.05) is 24.3 Å². The van der Waals surface area contributed by atoms with Gasteiger partial charge in [-0.3, -0.25) is 9.69 Å². The molecule has 4 nitrogen and oxygen atoms in total. The predicted octanol–water partition coefficient (Wildman–Crippen LogP) is 1.92. The minimum atomic E-state index is 0.0288. The number of amides is 1. The van der Waals surface area contributed by atoms with Crippen molar-refractivity contribution in [2.75, 3.05) is 44.6 Å². The number of piperazine rings is 3. The van der Waals surface area contributed by atoms with Gasteiger partial charge in [-0.1, -0.05) is 15.9 Å². The summed E-state index contributed by atoms with van der Waals surface area (Å²) < 4.78 is 1.98. The number of carbonyl (C=O) groups is 1. The van der Waals surface area contributed by atoms with Gasteiger partial charge in [-0.05, 0) is 31.2 Å². The number of benzene rings is 1. The van der Waals surface area contributed by atoms with Crippen LogP contribution >= 0.6 is 15.9 Å². The molecule has 3 saturated heterocycles. The zero-order valence-electron chi connectivity index (χ0n) is 11.8. The first-order valence-electron chi connectivity index (χ1n) is 7.24. The molecule has 3 aliphatic heterocycles. The summed E-state index contributed by atoms with van der Waals surface area (Å²) in [6.07, 6.45) is 0. The molecule has 1 aromatic rings. The van der Waals surface area contributed by atoms with Crippen LogP contribution in [0.3, 0.4) is 0 Å². The van der Waals surface area contributed by atoms with Gasteiger partial charge in [0.25, 0.3) is 5.91 Å². The van der Waals surface area contributed by atoms with E-state index in [4.69, 9.17) is 0 Å². The molecule has 2 bridgehead atoms. The van der Waals surface area contributed by atoms with E-state index in [9.17, 15) is 4.79 Å². The Kier molecular flexibility index (Phi) is 3.84. The van der Waals surface area contributed by atoms with Crippen LogP contribution in [-0.4, -0.2) is 60.6 Å². The lowest BCUT2D eigenvalue weighted by Crippen LogP contribution is -2.72. The number of quaternary nitrogens is 1. The molecule has 3 heterocycles. The highest BCUT2D eigenvalue weighted by Gasteiger charge is 2.45. The van der Waals surface area contributed by atoms with Gasteiger partial charge in [-0.15, -0.1) is 0 Å². The Hall–Kier alpha value is -0.910. The van der Waals surface area contributed by atoms with Crippen LogP contribution in [0.4, 0.5) is 5.69 Å². The number of nitrogens with zero attached hydrogens (tertiary/aromatic N) is 2. The highest BCUT2D eigenvalue weighted by Crippen LogP contribution is 2.24. The third-order valence-electron chi connectivity index (χ3n) is 4.90. The summed E-state index contributed by atoms with van der Waals surface area (Å²) in [5, 5.41) is 3.05. The van der Waals surface area contributed by atoms with Gasteiger partial charge in [0.1, 0.15) is 0 Å². The van der Waals surface area contributed by atoms with Crippen molar-refractivity contribution in [3.05, 3.63) is 28.7 Å². The molecule has 1 aromatic carbocycles. The largest absolute Gasteiger partial charge is 0.321 e. The van der Waals surface area contributed by atoms with Gasteiger partial charge in [0.2, 0.25) is 0 Å². The second kappa shape index (κ2) is 5.47. The van der Waals surface area contributed by atoms with E-state index < -0.39 is 0 Å². The fourth-order valence-electron chi connectivity index (χ4n) is 3.30. The molecule has 0 unspecified atom stereocenters. The summed E-state index contributed by atoms with van der Waals surface area (Å²) >= 11 is 3.41. The third kappa shape index (κ3) is 2.62. The minimum Gasteiger partial charge on any atom is -0.321 e. The zero-order valence-corrected chi connectivity index (χ0v) is 13.4. The summed E-state index contributed by atoms with van der Waals surface area (Å²) in [6, 6.07) is 7.80. The van der Waals surface area contributed by atoms with Gasteiger partial charge in [-0.2, -0.15) is 0 Å². The van der Waals surface area contributed by atoms with Crippen molar-refractivity contribution in [2.45, 2.75) is 13.0 Å². The molecule has 0 spiro atoms. The molecule has 0 aliphatic carbocycles. The lowest BCUT2D eigenvalue weighted by Gasteiger charge is -2.52. The summed E-state index contributed by atoms with van der Waals surface area (Å²) in [6.45, 7) is 8.80. The number of fused-ring (bicyclic) bond motifs is 3. The molecule has 3 fully saturated rings. The van der Waals surface area contributed by atoms with Gasteiger partial charge in [0, 0.05) is 29.8 Å². The second-order valence-corrected chi connectivity index (χ2v) is 6.82. The Labute approximate surface area is 128 Å². The summed E-state index contributed by atoms with van der Waals surface area (Å²) in [5.41, 5.74) is 0.874. The Morgan fingerprint density at radius 2 is 1.75 bits per heavy atom. The first-order chi connectivity index (χ1) is 9.59. The van der Waals surface area contributed by atoms with E-state index in [2.05, 4.69) is 33.1 Å². The van der Waals surface area contributed by atoms with Crippen LogP contribution in [0.15, 0.2) is 28.7 Å². The molecule has 1 amide bonds. The van der Waals surface area contributed by atoms with Gasteiger partial charge >= 0.3 is 0 Å². The summed E-state index contributed by atoms with van der Waals surface area (Å²) in [5.74, 6) is 0.141. The van der Waals surface area contributed by atoms with Crippen LogP contribution in [0, 0.1) is 0 Å². The fraction of sp³-hybridized carbons (Fsp3) is 0.533. The summed E-state index contributed by atoms with van der Waals surface area (Å²) in [4.78, 5) is 15.0. The van der Waals surface area contributed by atoms with Crippen LogP contribution in [0.1, 0.15) is 6.92 Å². The molecule has 20 heavy (non-hydrogen) atoms. The molecule has 1 N–H and O–H groups in total. The normalized spacial score (nSPS) is 30.0. The first kappa shape index (κ1) is 14.0. The topological polar surface area (TPSA) is 32.3 Å². The molecule has 5 heteroatoms. The standard InChI is InChI=1S/C15H20BrN3O/c1-12(19-9-6-18(7-10-19)8-11-19)15(20)17-14-4-2-13(16)3-5-14/h2-5,12H,6-11H2,1H3/p+1/t12-/m1/s1. The molecule has 4 rings (SSSR count). The molecule has 108 valence electrons. The quantitative estimate of drug-likeness (QED) is 0.854. The average Bonchev–Trinajstić information content (AvgIpc) is 2.50. The smallest absolute Gasteiger partial charge is 0.282 e. The van der Waals surface area contributed by atoms with Crippen molar-refractivity contribution < 1.29 is 9.28 Å².